The molecule has 118 valence electrons. The average molecular weight is 304 g/mol. The van der Waals surface area contributed by atoms with Gasteiger partial charge in [0.2, 0.25) is 5.91 Å². The number of fused-ring (bicyclic) bond motifs is 2. The maximum atomic E-state index is 14.5. The number of aliphatic hydroxyl groups excluding tert-OH is 1. The first-order valence-electron chi connectivity index (χ1n) is 8.13. The quantitative estimate of drug-likeness (QED) is 0.830. The summed E-state index contributed by atoms with van der Waals surface area (Å²) in [5.74, 6) is -0.221. The minimum Gasteiger partial charge on any atom is -0.392 e. The minimum atomic E-state index is -0.469. The second-order valence-corrected chi connectivity index (χ2v) is 6.90. The van der Waals surface area contributed by atoms with Gasteiger partial charge in [-0.1, -0.05) is 18.9 Å². The van der Waals surface area contributed by atoms with Crippen LogP contribution in [0, 0.1) is 5.82 Å². The van der Waals surface area contributed by atoms with Gasteiger partial charge in [-0.15, -0.1) is 0 Å². The molecule has 1 aromatic carbocycles. The van der Waals surface area contributed by atoms with E-state index in [2.05, 4.69) is 5.32 Å². The van der Waals surface area contributed by atoms with Gasteiger partial charge in [-0.25, -0.2) is 4.39 Å². The van der Waals surface area contributed by atoms with Crippen molar-refractivity contribution in [1.82, 2.24) is 5.32 Å². The molecule has 5 heteroatoms. The summed E-state index contributed by atoms with van der Waals surface area (Å²) in [5, 5.41) is 12.7. The maximum Gasteiger partial charge on any atom is 0.244 e. The number of nitrogens with one attached hydrogen (secondary N) is 1. The number of β-amino-alcohol motifs (C(OH)–C–C–N with tert-alkyl or cyclic N) is 1. The summed E-state index contributed by atoms with van der Waals surface area (Å²) >= 11 is 0. The molecular formula is C17H21FN2O2. The molecular weight excluding hydrogens is 283 g/mol. The number of aliphatic hydroxyl groups is 1. The fourth-order valence-electron chi connectivity index (χ4n) is 4.48. The second kappa shape index (κ2) is 5.03. The molecule has 0 aromatic heterocycles. The van der Waals surface area contributed by atoms with Crippen LogP contribution in [-0.4, -0.2) is 36.2 Å². The summed E-state index contributed by atoms with van der Waals surface area (Å²) in [6.45, 7) is 1.03. The molecule has 0 unspecified atom stereocenters. The second-order valence-electron chi connectivity index (χ2n) is 6.90. The summed E-state index contributed by atoms with van der Waals surface area (Å²) in [6.07, 6.45) is 4.06. The Labute approximate surface area is 129 Å². The van der Waals surface area contributed by atoms with Gasteiger partial charge < -0.3 is 15.3 Å². The SMILES string of the molecule is O=C([C@@H]1C[C@H](O)CN1)N1CC2(CCCC2)c2c(F)cccc21. The minimum absolute atomic E-state index is 0.0350. The van der Waals surface area contributed by atoms with Crippen LogP contribution >= 0.6 is 0 Å². The van der Waals surface area contributed by atoms with Crippen LogP contribution < -0.4 is 10.2 Å². The first-order chi connectivity index (χ1) is 10.6. The standard InChI is InChI=1S/C17H21FN2O2/c18-12-4-3-5-14-15(12)17(6-1-2-7-17)10-20(14)16(22)13-8-11(21)9-19-13/h3-5,11,13,19,21H,1-2,6-10H2/t11-,13-/m0/s1. The lowest BCUT2D eigenvalue weighted by molar-refractivity contribution is -0.120. The van der Waals surface area contributed by atoms with Gasteiger partial charge in [0.1, 0.15) is 5.82 Å². The van der Waals surface area contributed by atoms with Crippen molar-refractivity contribution in [3.05, 3.63) is 29.6 Å². The van der Waals surface area contributed by atoms with E-state index in [-0.39, 0.29) is 23.2 Å². The summed E-state index contributed by atoms with van der Waals surface area (Å²) < 4.78 is 14.5. The topological polar surface area (TPSA) is 52.6 Å². The lowest BCUT2D eigenvalue weighted by atomic mass is 9.80. The Kier molecular flexibility index (Phi) is 3.24. The van der Waals surface area contributed by atoms with Crippen LogP contribution in [-0.2, 0) is 10.2 Å². The summed E-state index contributed by atoms with van der Waals surface area (Å²) in [5.41, 5.74) is 1.27. The molecule has 1 saturated carbocycles. The predicted octanol–water partition coefficient (Wildman–Crippen LogP) is 1.71. The van der Waals surface area contributed by atoms with Crippen LogP contribution in [0.15, 0.2) is 18.2 Å². The van der Waals surface area contributed by atoms with Crippen molar-refractivity contribution in [2.45, 2.75) is 49.7 Å². The zero-order valence-electron chi connectivity index (χ0n) is 12.5. The van der Waals surface area contributed by atoms with Gasteiger partial charge in [0, 0.05) is 24.1 Å². The Morgan fingerprint density at radius 1 is 1.36 bits per heavy atom. The number of hydrogen-bond acceptors (Lipinski definition) is 3. The molecule has 2 fully saturated rings. The van der Waals surface area contributed by atoms with Crippen molar-refractivity contribution < 1.29 is 14.3 Å². The molecule has 2 heterocycles. The zero-order chi connectivity index (χ0) is 15.3. The van der Waals surface area contributed by atoms with Crippen LogP contribution in [0.3, 0.4) is 0 Å². The number of anilines is 1. The van der Waals surface area contributed by atoms with Crippen LogP contribution in [0.5, 0.6) is 0 Å². The van der Waals surface area contributed by atoms with Crippen molar-refractivity contribution >= 4 is 11.6 Å². The summed E-state index contributed by atoms with van der Waals surface area (Å²) in [4.78, 5) is 14.6. The molecule has 1 aromatic rings. The lowest BCUT2D eigenvalue weighted by Crippen LogP contribution is -2.45. The third kappa shape index (κ3) is 1.99. The van der Waals surface area contributed by atoms with Crippen LogP contribution in [0.1, 0.15) is 37.7 Å². The fraction of sp³-hybridized carbons (Fsp3) is 0.588. The van der Waals surface area contributed by atoms with E-state index in [9.17, 15) is 14.3 Å². The Morgan fingerprint density at radius 2 is 2.14 bits per heavy atom. The molecule has 0 bridgehead atoms. The Hall–Kier alpha value is -1.46. The molecule has 2 N–H and O–H groups in total. The van der Waals surface area contributed by atoms with Crippen molar-refractivity contribution in [2.75, 3.05) is 18.0 Å². The number of carbonyl (C=O) groups is 1. The lowest BCUT2D eigenvalue weighted by Gasteiger charge is -2.26. The van der Waals surface area contributed by atoms with Crippen LogP contribution in [0.25, 0.3) is 0 Å². The van der Waals surface area contributed by atoms with E-state index in [4.69, 9.17) is 0 Å². The molecule has 1 amide bonds. The molecule has 1 spiro atoms. The number of rotatable bonds is 1. The third-order valence-electron chi connectivity index (χ3n) is 5.51. The van der Waals surface area contributed by atoms with Gasteiger partial charge >= 0.3 is 0 Å². The van der Waals surface area contributed by atoms with Crippen molar-refractivity contribution in [2.24, 2.45) is 0 Å². The van der Waals surface area contributed by atoms with Crippen LogP contribution in [0.2, 0.25) is 0 Å². The zero-order valence-corrected chi connectivity index (χ0v) is 12.5. The normalized spacial score (nSPS) is 29.3. The molecule has 22 heavy (non-hydrogen) atoms. The van der Waals surface area contributed by atoms with Crippen molar-refractivity contribution in [3.8, 4) is 0 Å². The summed E-state index contributed by atoms with van der Waals surface area (Å²) in [7, 11) is 0. The Bertz CT molecular complexity index is 613. The fourth-order valence-corrected chi connectivity index (χ4v) is 4.48. The van der Waals surface area contributed by atoms with Gasteiger partial charge in [-0.2, -0.15) is 0 Å². The summed E-state index contributed by atoms with van der Waals surface area (Å²) in [6, 6.07) is 4.68. The molecule has 1 aliphatic carbocycles. The van der Waals surface area contributed by atoms with Crippen molar-refractivity contribution in [1.29, 1.82) is 0 Å². The number of amides is 1. The number of benzene rings is 1. The highest BCUT2D eigenvalue weighted by atomic mass is 19.1. The Morgan fingerprint density at radius 3 is 2.82 bits per heavy atom. The molecule has 4 nitrogen and oxygen atoms in total. The van der Waals surface area contributed by atoms with Crippen molar-refractivity contribution in [3.63, 3.8) is 0 Å². The molecule has 1 saturated heterocycles. The van der Waals surface area contributed by atoms with Gasteiger partial charge in [-0.3, -0.25) is 4.79 Å². The largest absolute Gasteiger partial charge is 0.392 e. The van der Waals surface area contributed by atoms with E-state index in [1.807, 2.05) is 6.07 Å². The Balaban J connectivity index is 1.71. The molecule has 3 aliphatic rings. The van der Waals surface area contributed by atoms with E-state index in [1.54, 1.807) is 11.0 Å². The monoisotopic (exact) mass is 304 g/mol. The van der Waals surface area contributed by atoms with E-state index < -0.39 is 6.10 Å². The van der Waals surface area contributed by atoms with Gasteiger partial charge in [-0.05, 0) is 31.4 Å². The number of nitrogens with zero attached hydrogens (tertiary/aromatic N) is 1. The van der Waals surface area contributed by atoms with Gasteiger partial charge in [0.15, 0.2) is 0 Å². The molecule has 2 atom stereocenters. The van der Waals surface area contributed by atoms with E-state index >= 15 is 0 Å². The maximum absolute atomic E-state index is 14.5. The van der Waals surface area contributed by atoms with Gasteiger partial charge in [0.05, 0.1) is 17.8 Å². The highest BCUT2D eigenvalue weighted by Gasteiger charge is 2.49. The third-order valence-corrected chi connectivity index (χ3v) is 5.51. The molecule has 0 radical (unpaired) electrons. The number of hydrogen-bond donors (Lipinski definition) is 2. The smallest absolute Gasteiger partial charge is 0.244 e. The molecule has 4 rings (SSSR count). The average Bonchev–Trinajstić information content (AvgIpc) is 3.20. The van der Waals surface area contributed by atoms with E-state index in [0.717, 1.165) is 36.9 Å². The first-order valence-corrected chi connectivity index (χ1v) is 8.13. The molecule has 2 aliphatic heterocycles. The predicted molar refractivity (Wildman–Crippen MR) is 81.3 cm³/mol. The van der Waals surface area contributed by atoms with Crippen LogP contribution in [0.4, 0.5) is 10.1 Å². The highest BCUT2D eigenvalue weighted by Crippen LogP contribution is 2.51. The van der Waals surface area contributed by atoms with Gasteiger partial charge in [0.25, 0.3) is 0 Å². The number of carbonyl (C=O) groups excluding carboxylic acids is 1. The van der Waals surface area contributed by atoms with E-state index in [1.165, 1.54) is 6.07 Å². The van der Waals surface area contributed by atoms with E-state index in [0.29, 0.717) is 19.5 Å². The first kappa shape index (κ1) is 14.2. The number of halogens is 1. The highest BCUT2D eigenvalue weighted by molar-refractivity contribution is 6.00.